The lowest BCUT2D eigenvalue weighted by atomic mass is 10.0. The van der Waals surface area contributed by atoms with E-state index in [0.29, 0.717) is 11.3 Å². The van der Waals surface area contributed by atoms with Crippen LogP contribution in [-0.2, 0) is 43.2 Å². The molecule has 216 valence electrons. The van der Waals surface area contributed by atoms with Crippen molar-refractivity contribution in [2.24, 2.45) is 5.73 Å². The van der Waals surface area contributed by atoms with Crippen LogP contribution >= 0.6 is 0 Å². The molecule has 0 spiro atoms. The van der Waals surface area contributed by atoms with Gasteiger partial charge >= 0.3 is 11.9 Å². The second-order valence-corrected chi connectivity index (χ2v) is 9.39. The van der Waals surface area contributed by atoms with Gasteiger partial charge in [-0.15, -0.1) is 0 Å². The molecule has 3 amide bonds. The summed E-state index contributed by atoms with van der Waals surface area (Å²) in [6, 6.07) is 12.3. The summed E-state index contributed by atoms with van der Waals surface area (Å²) in [6.07, 6.45) is 2.07. The van der Waals surface area contributed by atoms with Crippen molar-refractivity contribution in [2.75, 3.05) is 0 Å². The first-order valence-electron chi connectivity index (χ1n) is 12.8. The van der Waals surface area contributed by atoms with Gasteiger partial charge in [0, 0.05) is 24.7 Å². The molecule has 0 aliphatic rings. The molecule has 1 heterocycles. The fraction of sp³-hybridized carbons (Fsp3) is 0.286. The van der Waals surface area contributed by atoms with Crippen molar-refractivity contribution >= 4 is 29.7 Å². The number of nitrogens with two attached hydrogens (primary N) is 1. The van der Waals surface area contributed by atoms with Crippen molar-refractivity contribution in [3.05, 3.63) is 90.0 Å². The second kappa shape index (κ2) is 14.9. The maximum absolute atomic E-state index is 13.3. The lowest BCUT2D eigenvalue weighted by Gasteiger charge is -2.24. The smallest absolute Gasteiger partial charge is 0.326 e. The summed E-state index contributed by atoms with van der Waals surface area (Å²) in [7, 11) is 0. The summed E-state index contributed by atoms with van der Waals surface area (Å²) in [6.45, 7) is 0. The molecule has 3 rings (SSSR count). The van der Waals surface area contributed by atoms with Crippen molar-refractivity contribution in [1.82, 2.24) is 25.9 Å². The Morgan fingerprint density at radius 1 is 0.732 bits per heavy atom. The Bertz CT molecular complexity index is 1320. The number of aliphatic carboxylic acids is 2. The van der Waals surface area contributed by atoms with E-state index in [9.17, 15) is 34.2 Å². The number of nitrogens with one attached hydrogen (secondary N) is 4. The summed E-state index contributed by atoms with van der Waals surface area (Å²) in [5.41, 5.74) is 8.00. The fourth-order valence-corrected chi connectivity index (χ4v) is 4.04. The predicted octanol–water partition coefficient (Wildman–Crippen LogP) is -0.221. The monoisotopic (exact) mass is 564 g/mol. The van der Waals surface area contributed by atoms with Crippen LogP contribution in [0.1, 0.15) is 23.2 Å². The van der Waals surface area contributed by atoms with Crippen LogP contribution in [0, 0.1) is 0 Å². The minimum atomic E-state index is -1.63. The Kier molecular flexibility index (Phi) is 11.1. The van der Waals surface area contributed by atoms with Gasteiger partial charge in [0.2, 0.25) is 17.7 Å². The first-order chi connectivity index (χ1) is 19.6. The number of aromatic amines is 1. The van der Waals surface area contributed by atoms with Crippen molar-refractivity contribution in [2.45, 2.75) is 49.9 Å². The highest BCUT2D eigenvalue weighted by molar-refractivity contribution is 5.95. The summed E-state index contributed by atoms with van der Waals surface area (Å²) in [4.78, 5) is 69.3. The third-order valence-corrected chi connectivity index (χ3v) is 6.16. The van der Waals surface area contributed by atoms with Gasteiger partial charge in [-0.2, -0.15) is 0 Å². The Labute approximate surface area is 235 Å². The number of amides is 3. The van der Waals surface area contributed by atoms with Gasteiger partial charge in [-0.1, -0.05) is 60.7 Å². The highest BCUT2D eigenvalue weighted by Crippen LogP contribution is 2.07. The summed E-state index contributed by atoms with van der Waals surface area (Å²) in [5, 5.41) is 26.2. The molecule has 1 aromatic heterocycles. The second-order valence-electron chi connectivity index (χ2n) is 9.39. The highest BCUT2D eigenvalue weighted by atomic mass is 16.4. The molecule has 0 aliphatic heterocycles. The van der Waals surface area contributed by atoms with E-state index < -0.39 is 60.2 Å². The number of H-pyrrole nitrogens is 1. The van der Waals surface area contributed by atoms with E-state index in [2.05, 4.69) is 25.9 Å². The molecular formula is C28H32N6O7. The number of hydrogen-bond acceptors (Lipinski definition) is 7. The molecule has 0 fully saturated rings. The first kappa shape index (κ1) is 30.5. The molecule has 4 atom stereocenters. The average Bonchev–Trinajstić information content (AvgIpc) is 3.46. The summed E-state index contributed by atoms with van der Waals surface area (Å²) >= 11 is 0. The third-order valence-electron chi connectivity index (χ3n) is 6.16. The van der Waals surface area contributed by atoms with E-state index in [-0.39, 0.29) is 19.3 Å². The van der Waals surface area contributed by atoms with Crippen LogP contribution in [0.5, 0.6) is 0 Å². The highest BCUT2D eigenvalue weighted by Gasteiger charge is 2.32. The van der Waals surface area contributed by atoms with Crippen molar-refractivity contribution in [1.29, 1.82) is 0 Å². The van der Waals surface area contributed by atoms with Gasteiger partial charge in [-0.05, 0) is 17.5 Å². The first-order valence-corrected chi connectivity index (χ1v) is 12.8. The number of imidazole rings is 1. The van der Waals surface area contributed by atoms with E-state index in [4.69, 9.17) is 5.73 Å². The summed E-state index contributed by atoms with van der Waals surface area (Å²) in [5.74, 6) is -5.24. The maximum atomic E-state index is 13.3. The van der Waals surface area contributed by atoms with Gasteiger partial charge in [0.05, 0.1) is 18.8 Å². The van der Waals surface area contributed by atoms with E-state index in [0.717, 1.165) is 5.56 Å². The molecular weight excluding hydrogens is 532 g/mol. The fourth-order valence-electron chi connectivity index (χ4n) is 4.04. The average molecular weight is 565 g/mol. The number of carbonyl (C=O) groups is 5. The lowest BCUT2D eigenvalue weighted by molar-refractivity contribution is -0.143. The van der Waals surface area contributed by atoms with Crippen LogP contribution in [0.3, 0.4) is 0 Å². The van der Waals surface area contributed by atoms with Crippen LogP contribution in [0.2, 0.25) is 0 Å². The molecule has 3 aromatic rings. The minimum absolute atomic E-state index is 0.0620. The Morgan fingerprint density at radius 3 is 1.80 bits per heavy atom. The van der Waals surface area contributed by atoms with Crippen LogP contribution in [-0.4, -0.2) is 74.0 Å². The van der Waals surface area contributed by atoms with Gasteiger partial charge in [-0.25, -0.2) is 9.78 Å². The van der Waals surface area contributed by atoms with Gasteiger partial charge in [0.25, 0.3) is 0 Å². The van der Waals surface area contributed by atoms with E-state index in [1.54, 1.807) is 54.6 Å². The molecule has 0 aliphatic carbocycles. The van der Waals surface area contributed by atoms with Crippen LogP contribution in [0.15, 0.2) is 73.2 Å². The number of carbonyl (C=O) groups excluding carboxylic acids is 3. The molecule has 0 saturated carbocycles. The molecule has 13 heteroatoms. The predicted molar refractivity (Wildman–Crippen MR) is 146 cm³/mol. The lowest BCUT2D eigenvalue weighted by Crippen LogP contribution is -2.58. The van der Waals surface area contributed by atoms with Crippen LogP contribution in [0.4, 0.5) is 0 Å². The zero-order valence-corrected chi connectivity index (χ0v) is 22.0. The topological polar surface area (TPSA) is 217 Å². The maximum Gasteiger partial charge on any atom is 0.326 e. The standard InChI is InChI=1S/C28H32N6O7/c29-20(11-17-7-3-1-4-8-17)25(37)32-21(13-19-15-30-16-31-19)26(38)33-22(14-24(35)36)27(39)34-23(28(40)41)12-18-9-5-2-6-10-18/h1-10,15-16,20-23H,11-14,29H2,(H,30,31)(H,32,37)(H,33,38)(H,34,39)(H,35,36)(H,40,41). The largest absolute Gasteiger partial charge is 0.481 e. The van der Waals surface area contributed by atoms with Crippen LogP contribution < -0.4 is 21.7 Å². The Balaban J connectivity index is 1.73. The number of rotatable bonds is 15. The van der Waals surface area contributed by atoms with Gasteiger partial charge < -0.3 is 36.9 Å². The minimum Gasteiger partial charge on any atom is -0.481 e. The molecule has 4 unspecified atom stereocenters. The molecule has 13 nitrogen and oxygen atoms in total. The Morgan fingerprint density at radius 2 is 1.27 bits per heavy atom. The van der Waals surface area contributed by atoms with Crippen molar-refractivity contribution in [3.8, 4) is 0 Å². The Hall–Kier alpha value is -5.04. The molecule has 2 aromatic carbocycles. The SMILES string of the molecule is NC(Cc1ccccc1)C(=O)NC(Cc1cnc[nH]1)C(=O)NC(CC(=O)O)C(=O)NC(Cc1ccccc1)C(=O)O. The zero-order valence-electron chi connectivity index (χ0n) is 22.0. The molecule has 0 saturated heterocycles. The van der Waals surface area contributed by atoms with E-state index >= 15 is 0 Å². The number of carboxylic acids is 2. The number of nitrogens with zero attached hydrogens (tertiary/aromatic N) is 1. The van der Waals surface area contributed by atoms with Gasteiger partial charge in [-0.3, -0.25) is 19.2 Å². The molecule has 8 N–H and O–H groups in total. The van der Waals surface area contributed by atoms with E-state index in [1.165, 1.54) is 12.5 Å². The molecule has 0 bridgehead atoms. The third kappa shape index (κ3) is 9.89. The number of aromatic nitrogens is 2. The number of carboxylic acid groups (broad SMARTS) is 2. The quantitative estimate of drug-likeness (QED) is 0.130. The van der Waals surface area contributed by atoms with E-state index in [1.807, 2.05) is 6.07 Å². The summed E-state index contributed by atoms with van der Waals surface area (Å²) < 4.78 is 0. The van der Waals surface area contributed by atoms with Crippen molar-refractivity contribution in [3.63, 3.8) is 0 Å². The number of hydrogen-bond donors (Lipinski definition) is 7. The molecule has 41 heavy (non-hydrogen) atoms. The van der Waals surface area contributed by atoms with Gasteiger partial charge in [0.1, 0.15) is 18.1 Å². The van der Waals surface area contributed by atoms with Gasteiger partial charge in [0.15, 0.2) is 0 Å². The number of benzene rings is 2. The van der Waals surface area contributed by atoms with Crippen LogP contribution in [0.25, 0.3) is 0 Å². The van der Waals surface area contributed by atoms with Crippen molar-refractivity contribution < 1.29 is 34.2 Å². The molecule has 0 radical (unpaired) electrons. The normalized spacial score (nSPS) is 13.7. The zero-order chi connectivity index (χ0) is 29.8.